The zero-order chi connectivity index (χ0) is 105. The van der Waals surface area contributed by atoms with Gasteiger partial charge in [0.15, 0.2) is 25.8 Å². The van der Waals surface area contributed by atoms with E-state index in [1.807, 2.05) is 154 Å². The molecule has 5 aromatic heterocycles. The monoisotopic (exact) mass is 2220 g/mol. The zero-order valence-corrected chi connectivity index (χ0v) is 91.4. The quantitative estimate of drug-likeness (QED) is 0.0224. The summed E-state index contributed by atoms with van der Waals surface area (Å²) in [4.78, 5) is 139. The lowest BCUT2D eigenvalue weighted by molar-refractivity contribution is -0.139. The Morgan fingerprint density at radius 1 is 0.333 bits per heavy atom. The molecule has 1 saturated carbocycles. The van der Waals surface area contributed by atoms with Crippen LogP contribution in [-0.4, -0.2) is 156 Å². The number of thioether (sulfide) groups is 5. The number of halogens is 5. The van der Waals surface area contributed by atoms with Crippen LogP contribution >= 0.6 is 125 Å². The fourth-order valence-electron chi connectivity index (χ4n) is 16.2. The molecule has 1 aliphatic carbocycles. The second kappa shape index (κ2) is 48.4. The highest BCUT2D eigenvalue weighted by Crippen LogP contribution is 2.48. The van der Waals surface area contributed by atoms with Crippen LogP contribution in [-0.2, 0) is 54.4 Å². The molecular weight excluding hydrogens is 2120 g/mol. The molecule has 0 bridgehead atoms. The molecule has 0 unspecified atom stereocenters. The maximum Gasteiger partial charge on any atom is 0.303 e. The Morgan fingerprint density at radius 2 is 0.611 bits per heavy atom. The van der Waals surface area contributed by atoms with E-state index in [-0.39, 0.29) is 93.1 Å². The molecule has 10 aromatic carbocycles. The van der Waals surface area contributed by atoms with Crippen LogP contribution in [0.25, 0.3) is 82.3 Å². The first-order chi connectivity index (χ1) is 68.1. The summed E-state index contributed by atoms with van der Waals surface area (Å²) < 4.78 is 7.03. The maximum atomic E-state index is 12.6. The summed E-state index contributed by atoms with van der Waals surface area (Å²) >= 11 is 33.2. The zero-order valence-electron chi connectivity index (χ0n) is 81.9. The van der Waals surface area contributed by atoms with Crippen LogP contribution in [0.15, 0.2) is 254 Å². The number of carboxylic acids is 5. The standard InChI is InChI=1S/C23H25BrN2O3S.C23H23ClN2O3S.C22H23ClN2O3S.C21H21BrN2O3S.C20H19ClN2O3S/c1-14(2)15-9-10-18(17-8-6-5-7-16(15)17)26-20(24)13-25-22(26)30-23(3,4)19(27)11-12-21(28)29;1-23(2,19(27)11-12-21(28)29)30-22-25-13-20(24)26(22)18-10-9-15(14-7-8-14)16-5-3-4-6-17(16)18;1-4-14-9-10-17(16-8-6-5-7-15(14)16)25-19(23)13-24-21(25)29-22(2,3)18(26)11-12-20(27)28;1-13-8-9-16(15-7-5-4-6-14(13)15)24-18(22)12-23-20(24)28-21(2,3)17(25)10-11-19(26)27;1-20(2,16(24)10-11-18(25)26)27-19-22-12-17(21)23(19)15-9-5-7-13-6-3-4-8-14(13)15/h5-10,13-14H,11-12H2,1-4H3,(H,28,29);3-6,9-10,13-14H,7-8,11-12H2,1-2H3,(H,28,29);5-10,13H,4,11-12H2,1-3H3,(H,27,28);4-9,12H,10-11H2,1-3H3,(H,26,27);3-9,12H,10-11H2,1-2H3,(H,25,26). The third kappa shape index (κ3) is 27.4. The van der Waals surface area contributed by atoms with Crippen molar-refractivity contribution in [3.63, 3.8) is 0 Å². The van der Waals surface area contributed by atoms with Gasteiger partial charge in [0.25, 0.3) is 0 Å². The molecule has 752 valence electrons. The molecule has 0 radical (unpaired) electrons. The number of carbonyl (C=O) groups excluding carboxylic acids is 5. The fourth-order valence-corrected chi connectivity index (χ4v) is 23.5. The molecule has 1 fully saturated rings. The Kier molecular flexibility index (Phi) is 37.5. The molecule has 144 heavy (non-hydrogen) atoms. The molecule has 1 aliphatic rings. The predicted octanol–water partition coefficient (Wildman–Crippen LogP) is 28.0. The van der Waals surface area contributed by atoms with Crippen molar-refractivity contribution in [1.82, 2.24) is 47.8 Å². The highest BCUT2D eigenvalue weighted by Gasteiger charge is 2.38. The number of aliphatic carboxylic acids is 5. The van der Waals surface area contributed by atoms with Crippen LogP contribution in [0.1, 0.15) is 201 Å². The van der Waals surface area contributed by atoms with Crippen LogP contribution in [0, 0.1) is 6.92 Å². The van der Waals surface area contributed by atoms with Crippen LogP contribution in [0.3, 0.4) is 0 Å². The first-order valence-electron chi connectivity index (χ1n) is 46.5. The number of imidazole rings is 5. The molecule has 0 aliphatic heterocycles. The molecule has 5 N–H and O–H groups in total. The SMILES string of the molecule is CC(C)(Sc1ncc(Cl)n1-c1ccc(C2CC2)c2ccccc12)C(=O)CCC(=O)O.CC(C)(Sc1ncc(Cl)n1-c1cccc2ccccc12)C(=O)CCC(=O)O.CC(C)c1ccc(-n2c(Br)cnc2SC(C)(C)C(=O)CCC(=O)O)c2ccccc12.CCc1ccc(-n2c(Cl)cnc2SC(C)(C)C(=O)CCC(=O)O)c2ccccc12.Cc1ccc(-n2c(Br)cnc2SC(C)(C)C(=O)CCC(=O)O)c2ccccc12. The Labute approximate surface area is 887 Å². The lowest BCUT2D eigenvalue weighted by atomic mass is 9.95. The number of fused-ring (bicyclic) bond motifs is 5. The van der Waals surface area contributed by atoms with Crippen molar-refractivity contribution in [3.8, 4) is 28.4 Å². The summed E-state index contributed by atoms with van der Waals surface area (Å²) in [7, 11) is 0. The lowest BCUT2D eigenvalue weighted by Crippen LogP contribution is -2.28. The Bertz CT molecular complexity index is 7210. The number of aromatic nitrogens is 10. The average Bonchev–Trinajstić information content (AvgIpc) is 1.59. The van der Waals surface area contributed by atoms with E-state index in [4.69, 9.17) is 60.3 Å². The Morgan fingerprint density at radius 3 is 0.979 bits per heavy atom. The van der Waals surface area contributed by atoms with Gasteiger partial charge in [-0.15, -0.1) is 0 Å². The molecule has 0 saturated heterocycles. The van der Waals surface area contributed by atoms with Gasteiger partial charge in [0.1, 0.15) is 53.6 Å². The van der Waals surface area contributed by atoms with Crippen LogP contribution in [0.4, 0.5) is 0 Å². The van der Waals surface area contributed by atoms with Gasteiger partial charge in [-0.2, -0.15) is 0 Å². The summed E-state index contributed by atoms with van der Waals surface area (Å²) in [6.45, 7) is 26.5. The first-order valence-corrected chi connectivity index (χ1v) is 53.3. The van der Waals surface area contributed by atoms with Crippen molar-refractivity contribution in [3.05, 3.63) is 266 Å². The molecular formula is C109H111Br2Cl3N10O15S5. The number of Topliss-reactive ketones (excluding diaryl/α,β-unsaturated/α-hetero) is 5. The number of aryl methyl sites for hydroxylation is 2. The van der Waals surface area contributed by atoms with E-state index in [0.717, 1.165) is 87.2 Å². The number of hydrogen-bond acceptors (Lipinski definition) is 20. The fraction of sp³-hybridized carbons (Fsp3) is 0.312. The Balaban J connectivity index is 0.000000161. The number of ketones is 5. The van der Waals surface area contributed by atoms with Gasteiger partial charge in [0, 0.05) is 59.0 Å². The molecule has 0 amide bonds. The summed E-state index contributed by atoms with van der Waals surface area (Å²) in [5.41, 5.74) is 9.75. The van der Waals surface area contributed by atoms with E-state index < -0.39 is 53.6 Å². The highest BCUT2D eigenvalue weighted by atomic mass is 79.9. The van der Waals surface area contributed by atoms with Gasteiger partial charge >= 0.3 is 29.8 Å². The van der Waals surface area contributed by atoms with Crippen molar-refractivity contribution in [2.45, 2.75) is 242 Å². The molecule has 15 aromatic rings. The molecule has 35 heteroatoms. The Hall–Kier alpha value is -11.2. The van der Waals surface area contributed by atoms with Crippen LogP contribution in [0.5, 0.6) is 0 Å². The number of hydrogen-bond donors (Lipinski definition) is 5. The van der Waals surface area contributed by atoms with E-state index in [0.29, 0.717) is 53.1 Å². The minimum absolute atomic E-state index is 0.00320. The van der Waals surface area contributed by atoms with Crippen LogP contribution in [0.2, 0.25) is 15.5 Å². The normalized spacial score (nSPS) is 12.3. The molecule has 0 spiro atoms. The molecule has 25 nitrogen and oxygen atoms in total. The van der Waals surface area contributed by atoms with E-state index in [1.54, 1.807) is 72.5 Å². The minimum atomic E-state index is -0.982. The van der Waals surface area contributed by atoms with Crippen molar-refractivity contribution in [2.24, 2.45) is 0 Å². The van der Waals surface area contributed by atoms with Crippen molar-refractivity contribution < 1.29 is 73.5 Å². The third-order valence-electron chi connectivity index (χ3n) is 24.3. The highest BCUT2D eigenvalue weighted by molar-refractivity contribution is 9.10. The van der Waals surface area contributed by atoms with Crippen LogP contribution < -0.4 is 0 Å². The largest absolute Gasteiger partial charge is 0.481 e. The van der Waals surface area contributed by atoms with E-state index in [1.165, 1.54) is 105 Å². The van der Waals surface area contributed by atoms with Gasteiger partial charge < -0.3 is 25.5 Å². The van der Waals surface area contributed by atoms with Crippen molar-refractivity contribution >= 4 is 238 Å². The smallest absolute Gasteiger partial charge is 0.303 e. The lowest BCUT2D eigenvalue weighted by Gasteiger charge is -2.23. The van der Waals surface area contributed by atoms with E-state index >= 15 is 0 Å². The van der Waals surface area contributed by atoms with Gasteiger partial charge in [-0.3, -0.25) is 70.8 Å². The van der Waals surface area contributed by atoms with Gasteiger partial charge in [-0.1, -0.05) is 272 Å². The molecule has 16 rings (SSSR count). The number of carbonyl (C=O) groups is 10. The number of rotatable bonds is 38. The maximum absolute atomic E-state index is 12.6. The number of carboxylic acid groups (broad SMARTS) is 5. The van der Waals surface area contributed by atoms with Crippen molar-refractivity contribution in [2.75, 3.05) is 0 Å². The summed E-state index contributed by atoms with van der Waals surface area (Å²) in [5, 5.41) is 60.0. The summed E-state index contributed by atoms with van der Waals surface area (Å²) in [5.74, 6) is -4.48. The average molecular weight is 2230 g/mol. The number of benzene rings is 10. The van der Waals surface area contributed by atoms with E-state index in [2.05, 4.69) is 169 Å². The van der Waals surface area contributed by atoms with E-state index in [9.17, 15) is 47.9 Å². The third-order valence-corrected chi connectivity index (χ3v) is 32.3. The van der Waals surface area contributed by atoms with Gasteiger partial charge in [0.05, 0.1) is 115 Å². The topological polar surface area (TPSA) is 361 Å². The van der Waals surface area contributed by atoms with Crippen molar-refractivity contribution in [1.29, 1.82) is 0 Å². The van der Waals surface area contributed by atoms with Gasteiger partial charge in [-0.05, 0) is 219 Å². The summed E-state index contributed by atoms with van der Waals surface area (Å²) in [6.07, 6.45) is 10.6. The predicted molar refractivity (Wildman–Crippen MR) is 585 cm³/mol. The second-order valence-corrected chi connectivity index (χ2v) is 47.8. The van der Waals surface area contributed by atoms with Gasteiger partial charge in [-0.25, -0.2) is 24.9 Å². The first kappa shape index (κ1) is 112. The van der Waals surface area contributed by atoms with Gasteiger partial charge in [0.2, 0.25) is 0 Å². The second-order valence-electron chi connectivity index (χ2n) is 37.1. The molecule has 0 atom stereocenters. The molecule has 5 heterocycles. The minimum Gasteiger partial charge on any atom is -0.481 e. The number of nitrogens with zero attached hydrogens (tertiary/aromatic N) is 10. The summed E-state index contributed by atoms with van der Waals surface area (Å²) in [6, 6.07) is 63.5.